The summed E-state index contributed by atoms with van der Waals surface area (Å²) >= 11 is 0. The number of rotatable bonds is 3. The van der Waals surface area contributed by atoms with E-state index < -0.39 is 0 Å². The monoisotopic (exact) mass is 408 g/mol. The standard InChI is InChI=1S/C23H24N4O.ClH/c28-23-18-7-4-8-20-22(18)19(24-27(20)13-16-5-2-1-3-6-16)14-26(23)21-15-25-11-9-17(21)10-12-25;/h1-8,17,21H,9-15H2;1H/t21-;/m0./s1. The largest absolute Gasteiger partial charge is 0.328 e. The summed E-state index contributed by atoms with van der Waals surface area (Å²) in [6, 6.07) is 16.8. The van der Waals surface area contributed by atoms with Crippen LogP contribution >= 0.6 is 12.4 Å². The fourth-order valence-electron chi connectivity index (χ4n) is 5.42. The van der Waals surface area contributed by atoms with E-state index in [1.165, 1.54) is 31.5 Å². The van der Waals surface area contributed by atoms with E-state index >= 15 is 0 Å². The number of piperidine rings is 3. The Morgan fingerprint density at radius 1 is 1.00 bits per heavy atom. The van der Waals surface area contributed by atoms with Crippen molar-refractivity contribution in [1.29, 1.82) is 0 Å². The van der Waals surface area contributed by atoms with Crippen molar-refractivity contribution >= 4 is 29.2 Å². The number of hydrogen-bond donors (Lipinski definition) is 0. The minimum atomic E-state index is 0. The summed E-state index contributed by atoms with van der Waals surface area (Å²) in [5, 5.41) is 6.02. The fraction of sp³-hybridized carbons (Fsp3) is 0.391. The van der Waals surface area contributed by atoms with Gasteiger partial charge in [-0.15, -0.1) is 12.4 Å². The fourth-order valence-corrected chi connectivity index (χ4v) is 5.42. The van der Waals surface area contributed by atoms with Crippen molar-refractivity contribution in [1.82, 2.24) is 19.6 Å². The van der Waals surface area contributed by atoms with Crippen molar-refractivity contribution in [2.75, 3.05) is 19.6 Å². The van der Waals surface area contributed by atoms with E-state index in [-0.39, 0.29) is 18.3 Å². The van der Waals surface area contributed by atoms with E-state index in [4.69, 9.17) is 5.10 Å². The van der Waals surface area contributed by atoms with Gasteiger partial charge in [-0.25, -0.2) is 0 Å². The van der Waals surface area contributed by atoms with Crippen LogP contribution in [0.5, 0.6) is 0 Å². The van der Waals surface area contributed by atoms with E-state index in [1.807, 2.05) is 18.2 Å². The average Bonchev–Trinajstić information content (AvgIpc) is 3.10. The van der Waals surface area contributed by atoms with E-state index in [2.05, 4.69) is 44.8 Å². The van der Waals surface area contributed by atoms with Crippen molar-refractivity contribution in [2.24, 2.45) is 5.92 Å². The van der Waals surface area contributed by atoms with Crippen molar-refractivity contribution in [3.63, 3.8) is 0 Å². The van der Waals surface area contributed by atoms with Gasteiger partial charge in [0.1, 0.15) is 0 Å². The number of nitrogens with zero attached hydrogens (tertiary/aromatic N) is 4. The molecule has 4 aliphatic rings. The number of carbonyl (C=O) groups excluding carboxylic acids is 1. The van der Waals surface area contributed by atoms with Crippen LogP contribution in [0.1, 0.15) is 34.5 Å². The minimum absolute atomic E-state index is 0. The first-order valence-corrected chi connectivity index (χ1v) is 10.3. The second-order valence-corrected chi connectivity index (χ2v) is 8.43. The number of benzene rings is 2. The summed E-state index contributed by atoms with van der Waals surface area (Å²) in [4.78, 5) is 18.1. The van der Waals surface area contributed by atoms with Crippen LogP contribution < -0.4 is 0 Å². The minimum Gasteiger partial charge on any atom is -0.328 e. The van der Waals surface area contributed by atoms with Crippen LogP contribution in [0, 0.1) is 5.92 Å². The molecular formula is C23H25ClN4O. The van der Waals surface area contributed by atoms with Gasteiger partial charge < -0.3 is 9.80 Å². The molecule has 7 rings (SSSR count). The zero-order valence-corrected chi connectivity index (χ0v) is 17.1. The van der Waals surface area contributed by atoms with Crippen molar-refractivity contribution < 1.29 is 4.79 Å². The molecule has 0 saturated carbocycles. The Kier molecular flexibility index (Phi) is 4.60. The molecule has 3 aromatic rings. The maximum absolute atomic E-state index is 13.4. The summed E-state index contributed by atoms with van der Waals surface area (Å²) in [5.41, 5.74) is 4.18. The lowest BCUT2D eigenvalue weighted by Gasteiger charge is -2.49. The van der Waals surface area contributed by atoms with Gasteiger partial charge in [0.2, 0.25) is 0 Å². The molecule has 0 unspecified atom stereocenters. The molecule has 3 fully saturated rings. The Morgan fingerprint density at radius 2 is 1.79 bits per heavy atom. The van der Waals surface area contributed by atoms with Crippen LogP contribution in [-0.4, -0.2) is 51.2 Å². The highest BCUT2D eigenvalue weighted by Crippen LogP contribution is 2.37. The Hall–Kier alpha value is -2.37. The Morgan fingerprint density at radius 3 is 2.52 bits per heavy atom. The second kappa shape index (κ2) is 7.15. The molecule has 5 heterocycles. The van der Waals surface area contributed by atoms with Crippen LogP contribution in [0.15, 0.2) is 48.5 Å². The first-order valence-electron chi connectivity index (χ1n) is 10.3. The second-order valence-electron chi connectivity index (χ2n) is 8.43. The number of carbonyl (C=O) groups is 1. The van der Waals surface area contributed by atoms with Crippen LogP contribution in [0.4, 0.5) is 0 Å². The molecule has 1 atom stereocenters. The van der Waals surface area contributed by atoms with Crippen LogP contribution in [0.2, 0.25) is 0 Å². The van der Waals surface area contributed by atoms with Crippen LogP contribution in [0.25, 0.3) is 10.9 Å². The van der Waals surface area contributed by atoms with Gasteiger partial charge in [-0.2, -0.15) is 5.10 Å². The zero-order valence-electron chi connectivity index (χ0n) is 16.3. The molecule has 4 aliphatic heterocycles. The molecule has 2 bridgehead atoms. The van der Waals surface area contributed by atoms with Gasteiger partial charge in [0.25, 0.3) is 5.91 Å². The smallest absolute Gasteiger partial charge is 0.255 e. The average molecular weight is 409 g/mol. The highest BCUT2D eigenvalue weighted by Gasteiger charge is 2.42. The molecule has 1 amide bonds. The highest BCUT2D eigenvalue weighted by molar-refractivity contribution is 6.09. The predicted octanol–water partition coefficient (Wildman–Crippen LogP) is 3.56. The van der Waals surface area contributed by atoms with Gasteiger partial charge in [0.15, 0.2) is 0 Å². The quantitative estimate of drug-likeness (QED) is 0.665. The van der Waals surface area contributed by atoms with E-state index in [0.29, 0.717) is 18.5 Å². The number of amides is 1. The number of aromatic nitrogens is 2. The third kappa shape index (κ3) is 2.95. The van der Waals surface area contributed by atoms with Gasteiger partial charge in [-0.3, -0.25) is 9.48 Å². The third-order valence-corrected chi connectivity index (χ3v) is 6.86. The molecule has 0 spiro atoms. The molecule has 29 heavy (non-hydrogen) atoms. The molecular weight excluding hydrogens is 384 g/mol. The molecule has 0 aliphatic carbocycles. The molecule has 0 N–H and O–H groups in total. The van der Waals surface area contributed by atoms with Gasteiger partial charge >= 0.3 is 0 Å². The number of hydrogen-bond acceptors (Lipinski definition) is 3. The van der Waals surface area contributed by atoms with E-state index in [1.54, 1.807) is 0 Å². The third-order valence-electron chi connectivity index (χ3n) is 6.86. The lowest BCUT2D eigenvalue weighted by Crippen LogP contribution is -2.59. The maximum atomic E-state index is 13.4. The van der Waals surface area contributed by atoms with Gasteiger partial charge in [0.05, 0.1) is 29.9 Å². The van der Waals surface area contributed by atoms with Crippen molar-refractivity contribution in [2.45, 2.75) is 32.0 Å². The van der Waals surface area contributed by atoms with E-state index in [0.717, 1.165) is 35.2 Å². The molecule has 6 heteroatoms. The van der Waals surface area contributed by atoms with Crippen LogP contribution in [0.3, 0.4) is 0 Å². The molecule has 5 nitrogen and oxygen atoms in total. The van der Waals surface area contributed by atoms with Gasteiger partial charge in [-0.1, -0.05) is 36.4 Å². The highest BCUT2D eigenvalue weighted by atomic mass is 35.5. The lowest BCUT2D eigenvalue weighted by molar-refractivity contribution is 0.00362. The SMILES string of the molecule is Cl.O=C1c2cccc3c2c(nn3Cc2ccccc2)CN1[C@H]1CN2CCC1CC2. The topological polar surface area (TPSA) is 41.4 Å². The number of halogens is 1. The maximum Gasteiger partial charge on any atom is 0.255 e. The van der Waals surface area contributed by atoms with Crippen LogP contribution in [-0.2, 0) is 13.1 Å². The Labute approximate surface area is 176 Å². The van der Waals surface area contributed by atoms with Gasteiger partial charge in [0, 0.05) is 18.0 Å². The normalized spacial score (nSPS) is 25.3. The first-order chi connectivity index (χ1) is 13.8. The molecule has 3 saturated heterocycles. The first kappa shape index (κ1) is 18.6. The van der Waals surface area contributed by atoms with Crippen molar-refractivity contribution in [3.8, 4) is 0 Å². The summed E-state index contributed by atoms with van der Waals surface area (Å²) < 4.78 is 2.07. The molecule has 150 valence electrons. The number of fused-ring (bicyclic) bond motifs is 3. The Balaban J connectivity index is 0.00000181. The summed E-state index contributed by atoms with van der Waals surface area (Å²) in [6.45, 7) is 4.77. The van der Waals surface area contributed by atoms with Gasteiger partial charge in [-0.05, 0) is 49.5 Å². The zero-order chi connectivity index (χ0) is 18.7. The molecule has 1 aromatic heterocycles. The van der Waals surface area contributed by atoms with E-state index in [9.17, 15) is 4.79 Å². The molecule has 0 radical (unpaired) electrons. The lowest BCUT2D eigenvalue weighted by atomic mass is 9.82. The summed E-state index contributed by atoms with van der Waals surface area (Å²) in [5.74, 6) is 0.831. The molecule has 2 aromatic carbocycles. The Bertz CT molecular complexity index is 1060. The van der Waals surface area contributed by atoms with Crippen molar-refractivity contribution in [3.05, 3.63) is 65.4 Å². The predicted molar refractivity (Wildman–Crippen MR) is 115 cm³/mol. The summed E-state index contributed by atoms with van der Waals surface area (Å²) in [6.07, 6.45) is 2.43. The summed E-state index contributed by atoms with van der Waals surface area (Å²) in [7, 11) is 0.